The molecule has 0 aliphatic rings. The highest BCUT2D eigenvalue weighted by molar-refractivity contribution is 7.22. The van der Waals surface area contributed by atoms with Gasteiger partial charge in [-0.05, 0) is 83.9 Å². The van der Waals surface area contributed by atoms with Gasteiger partial charge in [-0.2, -0.15) is 5.10 Å². The summed E-state index contributed by atoms with van der Waals surface area (Å²) in [7, 11) is 0. The van der Waals surface area contributed by atoms with Crippen molar-refractivity contribution in [2.24, 2.45) is 0 Å². The highest BCUT2D eigenvalue weighted by Gasteiger charge is 2.32. The Morgan fingerprint density at radius 2 is 1.76 bits per heavy atom. The third kappa shape index (κ3) is 6.02. The van der Waals surface area contributed by atoms with Gasteiger partial charge in [0.05, 0.1) is 33.1 Å². The van der Waals surface area contributed by atoms with Gasteiger partial charge in [0, 0.05) is 28.5 Å². The lowest BCUT2D eigenvalue weighted by Gasteiger charge is -2.28. The summed E-state index contributed by atoms with van der Waals surface area (Å²) in [5.41, 5.74) is 4.34. The van der Waals surface area contributed by atoms with Gasteiger partial charge < -0.3 is 9.84 Å². The summed E-state index contributed by atoms with van der Waals surface area (Å²) in [5.74, 6) is -0.504. The number of carboxylic acids is 1. The third-order valence-electron chi connectivity index (χ3n) is 6.42. The Kier molecular flexibility index (Phi) is 7.48. The van der Waals surface area contributed by atoms with Crippen molar-refractivity contribution in [1.82, 2.24) is 24.7 Å². The van der Waals surface area contributed by atoms with Crippen LogP contribution in [0.15, 0.2) is 55.0 Å². The summed E-state index contributed by atoms with van der Waals surface area (Å²) in [6, 6.07) is 11.1. The Bertz CT molecular complexity index is 1750. The van der Waals surface area contributed by atoms with E-state index in [1.54, 1.807) is 24.5 Å². The van der Waals surface area contributed by atoms with E-state index in [1.807, 2.05) is 62.8 Å². The average Bonchev–Trinajstić information content (AvgIpc) is 3.55. The summed E-state index contributed by atoms with van der Waals surface area (Å²) in [6.45, 7) is 13.7. The summed E-state index contributed by atoms with van der Waals surface area (Å²) < 4.78 is 8.84. The van der Waals surface area contributed by atoms with Crippen LogP contribution in [0.2, 0.25) is 5.02 Å². The summed E-state index contributed by atoms with van der Waals surface area (Å²) >= 11 is 7.67. The van der Waals surface area contributed by atoms with Crippen molar-refractivity contribution in [3.63, 3.8) is 0 Å². The number of aryl methyl sites for hydroxylation is 1. The molecule has 0 amide bonds. The Morgan fingerprint density at radius 3 is 2.37 bits per heavy atom. The number of aromatic nitrogens is 5. The molecule has 212 valence electrons. The van der Waals surface area contributed by atoms with Crippen LogP contribution in [0.4, 0.5) is 0 Å². The third-order valence-corrected chi connectivity index (χ3v) is 7.78. The van der Waals surface area contributed by atoms with Gasteiger partial charge in [0.25, 0.3) is 0 Å². The zero-order valence-corrected chi connectivity index (χ0v) is 25.6. The lowest BCUT2D eigenvalue weighted by Crippen LogP contribution is -2.28. The molecule has 8 nitrogen and oxygen atoms in total. The SMILES string of the molecule is Cc1cc2nc(-c3ccnc(-c4cnn(C(C)(C)C)c4)n3)sc2c(-c2ccc(Cl)cc2)c1C(OC(C)(C)C)C(=O)O. The molecule has 3 aromatic heterocycles. The highest BCUT2D eigenvalue weighted by atomic mass is 35.5. The Balaban J connectivity index is 1.70. The predicted octanol–water partition coefficient (Wildman–Crippen LogP) is 7.94. The number of carboxylic acid groups (broad SMARTS) is 1. The smallest absolute Gasteiger partial charge is 0.337 e. The number of hydrogen-bond acceptors (Lipinski definition) is 7. The molecule has 0 saturated carbocycles. The van der Waals surface area contributed by atoms with Crippen LogP contribution in [0.25, 0.3) is 43.4 Å². The molecule has 5 rings (SSSR count). The fourth-order valence-electron chi connectivity index (χ4n) is 4.57. The van der Waals surface area contributed by atoms with Crippen LogP contribution in [0.1, 0.15) is 58.8 Å². The Hall–Kier alpha value is -3.66. The second-order valence-corrected chi connectivity index (χ2v) is 13.4. The molecule has 0 fully saturated rings. The van der Waals surface area contributed by atoms with E-state index in [4.69, 9.17) is 26.3 Å². The maximum absolute atomic E-state index is 12.6. The van der Waals surface area contributed by atoms with Crippen molar-refractivity contribution < 1.29 is 14.6 Å². The van der Waals surface area contributed by atoms with Gasteiger partial charge in [0.15, 0.2) is 11.9 Å². The van der Waals surface area contributed by atoms with E-state index in [2.05, 4.69) is 30.9 Å². The maximum Gasteiger partial charge on any atom is 0.337 e. The van der Waals surface area contributed by atoms with E-state index in [1.165, 1.54) is 11.3 Å². The van der Waals surface area contributed by atoms with Gasteiger partial charge in [-0.25, -0.2) is 19.7 Å². The average molecular weight is 590 g/mol. The minimum Gasteiger partial charge on any atom is -0.479 e. The van der Waals surface area contributed by atoms with Crippen LogP contribution in [0.5, 0.6) is 0 Å². The van der Waals surface area contributed by atoms with Crippen molar-refractivity contribution in [3.05, 3.63) is 71.1 Å². The first-order valence-electron chi connectivity index (χ1n) is 13.2. The molecule has 41 heavy (non-hydrogen) atoms. The van der Waals surface area contributed by atoms with E-state index in [9.17, 15) is 9.90 Å². The zero-order valence-electron chi connectivity index (χ0n) is 24.1. The molecular formula is C31H32ClN5O3S. The van der Waals surface area contributed by atoms with Crippen LogP contribution in [0, 0.1) is 6.92 Å². The molecule has 0 saturated heterocycles. The second kappa shape index (κ2) is 10.6. The van der Waals surface area contributed by atoms with Crippen molar-refractivity contribution in [1.29, 1.82) is 0 Å². The number of carbonyl (C=O) groups is 1. The minimum atomic E-state index is -1.18. The van der Waals surface area contributed by atoms with Gasteiger partial charge in [0.2, 0.25) is 0 Å². The fraction of sp³-hybridized carbons (Fsp3) is 0.323. The molecule has 0 aliphatic carbocycles. The molecule has 5 aromatic rings. The number of halogens is 1. The van der Waals surface area contributed by atoms with Crippen molar-refractivity contribution in [2.75, 3.05) is 0 Å². The molecule has 1 unspecified atom stereocenters. The van der Waals surface area contributed by atoms with Crippen LogP contribution >= 0.6 is 22.9 Å². The Morgan fingerprint density at radius 1 is 1.05 bits per heavy atom. The molecule has 3 heterocycles. The number of nitrogens with zero attached hydrogens (tertiary/aromatic N) is 5. The first-order valence-corrected chi connectivity index (χ1v) is 14.4. The monoisotopic (exact) mass is 589 g/mol. The second-order valence-electron chi connectivity index (χ2n) is 11.9. The summed E-state index contributed by atoms with van der Waals surface area (Å²) in [5, 5.41) is 16.1. The molecule has 0 aliphatic heterocycles. The number of fused-ring (bicyclic) bond motifs is 1. The lowest BCUT2D eigenvalue weighted by molar-refractivity contribution is -0.160. The van der Waals surface area contributed by atoms with Crippen LogP contribution in [0.3, 0.4) is 0 Å². The number of ether oxygens (including phenoxy) is 1. The Labute approximate surface area is 248 Å². The number of aliphatic carboxylic acids is 1. The zero-order chi connectivity index (χ0) is 29.7. The van der Waals surface area contributed by atoms with Crippen molar-refractivity contribution in [2.45, 2.75) is 65.7 Å². The van der Waals surface area contributed by atoms with Crippen LogP contribution in [-0.4, -0.2) is 41.4 Å². The minimum absolute atomic E-state index is 0.166. The van der Waals surface area contributed by atoms with E-state index in [0.29, 0.717) is 27.1 Å². The standard InChI is InChI=1S/C31H32ClN5O3S/c1-17-14-22-26(24(18-8-10-20(32)11-9-18)23(17)25(29(38)39)40-31(5,6)7)41-28(36-22)21-12-13-33-27(35-21)19-15-34-37(16-19)30(2,3)4/h8-16,25H,1-7H3,(H,38,39). The van der Waals surface area contributed by atoms with E-state index in [-0.39, 0.29) is 5.54 Å². The first-order chi connectivity index (χ1) is 19.2. The largest absolute Gasteiger partial charge is 0.479 e. The molecule has 0 bridgehead atoms. The molecular weight excluding hydrogens is 558 g/mol. The van der Waals surface area contributed by atoms with Gasteiger partial charge in [-0.3, -0.25) is 4.68 Å². The fourth-order valence-corrected chi connectivity index (χ4v) is 5.79. The predicted molar refractivity (Wildman–Crippen MR) is 163 cm³/mol. The number of hydrogen-bond donors (Lipinski definition) is 1. The van der Waals surface area contributed by atoms with Crippen molar-refractivity contribution >= 4 is 39.1 Å². The van der Waals surface area contributed by atoms with Crippen LogP contribution < -0.4 is 0 Å². The van der Waals surface area contributed by atoms with Gasteiger partial charge in [-0.15, -0.1) is 11.3 Å². The lowest BCUT2D eigenvalue weighted by atomic mass is 9.91. The molecule has 1 atom stereocenters. The van der Waals surface area contributed by atoms with E-state index < -0.39 is 17.7 Å². The first kappa shape index (κ1) is 28.9. The van der Waals surface area contributed by atoms with Gasteiger partial charge in [-0.1, -0.05) is 23.7 Å². The molecule has 0 radical (unpaired) electrons. The van der Waals surface area contributed by atoms with Gasteiger partial charge in [0.1, 0.15) is 10.7 Å². The van der Waals surface area contributed by atoms with Crippen LogP contribution in [-0.2, 0) is 15.1 Å². The number of rotatable bonds is 6. The van der Waals surface area contributed by atoms with E-state index in [0.717, 1.165) is 32.5 Å². The highest BCUT2D eigenvalue weighted by Crippen LogP contribution is 2.44. The summed E-state index contributed by atoms with van der Waals surface area (Å²) in [6.07, 6.45) is 4.23. The van der Waals surface area contributed by atoms with Crippen molar-refractivity contribution in [3.8, 4) is 33.2 Å². The maximum atomic E-state index is 12.6. The van der Waals surface area contributed by atoms with Gasteiger partial charge >= 0.3 is 5.97 Å². The van der Waals surface area contributed by atoms with E-state index >= 15 is 0 Å². The topological polar surface area (TPSA) is 103 Å². The molecule has 2 aromatic carbocycles. The summed E-state index contributed by atoms with van der Waals surface area (Å²) in [4.78, 5) is 26.8. The molecule has 0 spiro atoms. The molecule has 10 heteroatoms. The number of thiazole rings is 1. The molecule has 1 N–H and O–H groups in total. The number of benzene rings is 2. The normalized spacial score (nSPS) is 13.1. The quantitative estimate of drug-likeness (QED) is 0.214.